The largest absolute Gasteiger partial charge is 0.478 e. The second kappa shape index (κ2) is 10.6. The molecule has 0 saturated heterocycles. The van der Waals surface area contributed by atoms with Crippen LogP contribution in [0.5, 0.6) is 0 Å². The summed E-state index contributed by atoms with van der Waals surface area (Å²) in [5.74, 6) is -2.24. The van der Waals surface area contributed by atoms with Gasteiger partial charge in [0, 0.05) is 42.3 Å². The fourth-order valence-corrected chi connectivity index (χ4v) is 7.18. The second-order valence-corrected chi connectivity index (χ2v) is 12.1. The first-order valence-corrected chi connectivity index (χ1v) is 14.5. The van der Waals surface area contributed by atoms with Crippen LogP contribution in [0, 0.1) is 6.92 Å². The molecule has 0 atom stereocenters. The van der Waals surface area contributed by atoms with Gasteiger partial charge < -0.3 is 10.2 Å². The normalized spacial score (nSPS) is 11.0. The average Bonchev–Trinajstić information content (AvgIpc) is 3.74. The summed E-state index contributed by atoms with van der Waals surface area (Å²) in [6, 6.07) is 20.0. The van der Waals surface area contributed by atoms with Crippen molar-refractivity contribution in [1.29, 1.82) is 0 Å². The highest BCUT2D eigenvalue weighted by atomic mass is 32.1. The van der Waals surface area contributed by atoms with Gasteiger partial charge in [-0.2, -0.15) is 0 Å². The van der Waals surface area contributed by atoms with Crippen LogP contribution in [-0.2, 0) is 0 Å². The maximum Gasteiger partial charge on any atom is 0.335 e. The number of carboxylic acid groups (broad SMARTS) is 2. The summed E-state index contributed by atoms with van der Waals surface area (Å²) >= 11 is 5.19. The molecule has 196 valence electrons. The Balaban J connectivity index is 1.35. The van der Waals surface area contributed by atoms with Crippen molar-refractivity contribution in [1.82, 2.24) is 15.0 Å². The number of hydrogen-bond donors (Lipinski definition) is 2. The number of carboxylic acids is 2. The summed E-state index contributed by atoms with van der Waals surface area (Å²) in [5.41, 5.74) is 3.60. The van der Waals surface area contributed by atoms with Crippen LogP contribution in [0.4, 0.5) is 0 Å². The molecule has 0 amide bonds. The number of aromatic nitrogens is 3. The van der Waals surface area contributed by atoms with E-state index in [0.29, 0.717) is 11.4 Å². The van der Waals surface area contributed by atoms with E-state index < -0.39 is 11.9 Å². The summed E-state index contributed by atoms with van der Waals surface area (Å²) in [4.78, 5) is 42.6. The van der Waals surface area contributed by atoms with Crippen LogP contribution in [0.1, 0.15) is 25.6 Å². The molecule has 0 saturated carbocycles. The molecular formula is C30H19N3O4S3. The Morgan fingerprint density at radius 1 is 0.650 bits per heavy atom. The van der Waals surface area contributed by atoms with Crippen molar-refractivity contribution >= 4 is 45.9 Å². The van der Waals surface area contributed by atoms with Gasteiger partial charge in [0.05, 0.1) is 33.9 Å². The summed E-state index contributed by atoms with van der Waals surface area (Å²) in [5, 5.41) is 21.2. The van der Waals surface area contributed by atoms with E-state index in [1.807, 2.05) is 12.1 Å². The molecule has 6 aromatic heterocycles. The Morgan fingerprint density at radius 3 is 1.88 bits per heavy atom. The highest BCUT2D eigenvalue weighted by Gasteiger charge is 2.16. The van der Waals surface area contributed by atoms with Crippen LogP contribution in [0.3, 0.4) is 0 Å². The van der Waals surface area contributed by atoms with E-state index in [-0.39, 0.29) is 22.5 Å². The van der Waals surface area contributed by atoms with Crippen molar-refractivity contribution in [3.63, 3.8) is 0 Å². The lowest BCUT2D eigenvalue weighted by Crippen LogP contribution is -2.02. The van der Waals surface area contributed by atoms with Crippen LogP contribution in [0.25, 0.3) is 53.4 Å². The smallest absolute Gasteiger partial charge is 0.335 e. The molecule has 10 heteroatoms. The van der Waals surface area contributed by atoms with Gasteiger partial charge in [-0.3, -0.25) is 9.97 Å². The third-order valence-corrected chi connectivity index (χ3v) is 9.52. The number of rotatable bonds is 7. The molecule has 0 aliphatic heterocycles. The third kappa shape index (κ3) is 5.07. The van der Waals surface area contributed by atoms with Crippen molar-refractivity contribution in [3.8, 4) is 53.4 Å². The van der Waals surface area contributed by atoms with Crippen LogP contribution >= 0.6 is 34.0 Å². The first-order chi connectivity index (χ1) is 19.4. The van der Waals surface area contributed by atoms with Crippen molar-refractivity contribution in [2.45, 2.75) is 6.92 Å². The van der Waals surface area contributed by atoms with Gasteiger partial charge in [0.1, 0.15) is 0 Å². The lowest BCUT2D eigenvalue weighted by molar-refractivity contribution is 0.0686. The minimum atomic E-state index is -1.13. The van der Waals surface area contributed by atoms with E-state index in [1.54, 1.807) is 40.2 Å². The number of aryl methyl sites for hydroxylation is 1. The number of aromatic carboxylic acids is 2. The quantitative estimate of drug-likeness (QED) is 0.196. The van der Waals surface area contributed by atoms with E-state index in [4.69, 9.17) is 0 Å². The summed E-state index contributed by atoms with van der Waals surface area (Å²) in [6.45, 7) is 2.14. The molecule has 6 heterocycles. The predicted octanol–water partition coefficient (Wildman–Crippen LogP) is 8.10. The van der Waals surface area contributed by atoms with E-state index in [2.05, 4.69) is 57.6 Å². The highest BCUT2D eigenvalue weighted by molar-refractivity contribution is 7.25. The van der Waals surface area contributed by atoms with Gasteiger partial charge in [-0.15, -0.1) is 34.0 Å². The van der Waals surface area contributed by atoms with Gasteiger partial charge in [-0.05, 0) is 84.6 Å². The second-order valence-electron chi connectivity index (χ2n) is 8.81. The Kier molecular flexibility index (Phi) is 6.81. The topological polar surface area (TPSA) is 113 Å². The number of hydrogen-bond acceptors (Lipinski definition) is 8. The SMILES string of the molecule is Cc1sccc1-c1ccc(-c2ccc(-c3ccnc(-c4cc(C(=O)O)cc(-c5cc(C(=O)O)ccn5)n4)c3)s2)s1. The van der Waals surface area contributed by atoms with E-state index in [0.717, 1.165) is 15.3 Å². The molecule has 2 N–H and O–H groups in total. The van der Waals surface area contributed by atoms with E-state index in [1.165, 1.54) is 50.7 Å². The summed E-state index contributed by atoms with van der Waals surface area (Å²) in [6.07, 6.45) is 3.03. The van der Waals surface area contributed by atoms with Gasteiger partial charge in [0.15, 0.2) is 0 Å². The van der Waals surface area contributed by atoms with Gasteiger partial charge in [0.25, 0.3) is 0 Å². The lowest BCUT2D eigenvalue weighted by Gasteiger charge is -2.08. The molecule has 0 aliphatic rings. The van der Waals surface area contributed by atoms with Crippen molar-refractivity contribution in [2.75, 3.05) is 0 Å². The molecule has 0 bridgehead atoms. The molecule has 7 nitrogen and oxygen atoms in total. The highest BCUT2D eigenvalue weighted by Crippen LogP contribution is 2.42. The lowest BCUT2D eigenvalue weighted by atomic mass is 10.1. The van der Waals surface area contributed by atoms with Gasteiger partial charge >= 0.3 is 11.9 Å². The standard InChI is InChI=1S/C30H19N3O4S3/c1-16-20(8-11-38-16)26-3-5-28(40-26)27-4-2-25(39-27)17-6-9-31-21(12-17)23-14-19(30(36)37)15-24(33-23)22-13-18(29(34)35)7-10-32-22/h2-15H,1H3,(H,34,35)(H,36,37). The monoisotopic (exact) mass is 581 g/mol. The Morgan fingerprint density at radius 2 is 1.23 bits per heavy atom. The Hall–Kier alpha value is -4.51. The van der Waals surface area contributed by atoms with Gasteiger partial charge in [-0.25, -0.2) is 14.6 Å². The van der Waals surface area contributed by atoms with Crippen LogP contribution < -0.4 is 0 Å². The first kappa shape index (κ1) is 25.8. The van der Waals surface area contributed by atoms with Crippen LogP contribution in [0.15, 0.2) is 84.5 Å². The van der Waals surface area contributed by atoms with E-state index >= 15 is 0 Å². The molecule has 0 aromatic carbocycles. The summed E-state index contributed by atoms with van der Waals surface area (Å²) in [7, 11) is 0. The van der Waals surface area contributed by atoms with Gasteiger partial charge in [0.2, 0.25) is 0 Å². The molecule has 6 aromatic rings. The zero-order chi connectivity index (χ0) is 27.8. The summed E-state index contributed by atoms with van der Waals surface area (Å²) < 4.78 is 0. The molecule has 6 rings (SSSR count). The van der Waals surface area contributed by atoms with Crippen LogP contribution in [-0.4, -0.2) is 37.1 Å². The average molecular weight is 582 g/mol. The number of thiophene rings is 3. The fourth-order valence-electron chi connectivity index (χ4n) is 4.23. The maximum absolute atomic E-state index is 11.9. The third-order valence-electron chi connectivity index (χ3n) is 6.23. The molecule has 0 radical (unpaired) electrons. The van der Waals surface area contributed by atoms with Crippen LogP contribution in [0.2, 0.25) is 0 Å². The molecule has 0 unspecified atom stereocenters. The molecular weight excluding hydrogens is 563 g/mol. The maximum atomic E-state index is 11.9. The molecule has 0 fully saturated rings. The molecule has 40 heavy (non-hydrogen) atoms. The zero-order valence-electron chi connectivity index (χ0n) is 20.9. The minimum Gasteiger partial charge on any atom is -0.478 e. The first-order valence-electron chi connectivity index (χ1n) is 12.0. The van der Waals surface area contributed by atoms with Crippen molar-refractivity contribution < 1.29 is 19.8 Å². The molecule has 0 aliphatic carbocycles. The zero-order valence-corrected chi connectivity index (χ0v) is 23.3. The van der Waals surface area contributed by atoms with Crippen molar-refractivity contribution in [2.24, 2.45) is 0 Å². The molecule has 0 spiro atoms. The number of pyridine rings is 3. The van der Waals surface area contributed by atoms with Gasteiger partial charge in [-0.1, -0.05) is 0 Å². The fraction of sp³-hybridized carbons (Fsp3) is 0.0333. The predicted molar refractivity (Wildman–Crippen MR) is 159 cm³/mol. The number of carbonyl (C=O) groups is 2. The Bertz CT molecular complexity index is 1900. The number of nitrogens with zero attached hydrogens (tertiary/aromatic N) is 3. The van der Waals surface area contributed by atoms with Crippen molar-refractivity contribution in [3.05, 3.63) is 101 Å². The van der Waals surface area contributed by atoms with E-state index in [9.17, 15) is 19.8 Å². The Labute approximate surface area is 240 Å². The minimum absolute atomic E-state index is 0.00231.